The molecule has 5 heteroatoms. The number of rotatable bonds is 9. The molecular weight excluding hydrogens is 496 g/mol. The van der Waals surface area contributed by atoms with E-state index >= 15 is 0 Å². The predicted octanol–water partition coefficient (Wildman–Crippen LogP) is 6.17. The van der Waals surface area contributed by atoms with Gasteiger partial charge in [-0.1, -0.05) is 97.9 Å². The average Bonchev–Trinajstić information content (AvgIpc) is 3.30. The minimum atomic E-state index is -0.701. The second-order valence-electron chi connectivity index (χ2n) is 11.6. The summed E-state index contributed by atoms with van der Waals surface area (Å²) in [5, 5.41) is 0. The lowest BCUT2D eigenvalue weighted by molar-refractivity contribution is -0.166. The van der Waals surface area contributed by atoms with Gasteiger partial charge >= 0.3 is 5.97 Å². The van der Waals surface area contributed by atoms with Crippen molar-refractivity contribution in [2.24, 2.45) is 5.92 Å². The molecule has 2 fully saturated rings. The average molecular weight is 539 g/mol. The van der Waals surface area contributed by atoms with Crippen LogP contribution in [0.5, 0.6) is 0 Å². The molecule has 1 amide bonds. The first-order chi connectivity index (χ1) is 19.4. The fourth-order valence-electron chi connectivity index (χ4n) is 6.86. The molecular formula is C35H42N2O3. The number of benzene rings is 3. The summed E-state index contributed by atoms with van der Waals surface area (Å²) in [5.41, 5.74) is 1.96. The Morgan fingerprint density at radius 3 is 1.82 bits per heavy atom. The maximum atomic E-state index is 14.4. The number of amides is 1. The second kappa shape index (κ2) is 12.0. The van der Waals surface area contributed by atoms with E-state index in [0.717, 1.165) is 62.1 Å². The summed E-state index contributed by atoms with van der Waals surface area (Å²) in [5.74, 6) is 0.204. The van der Waals surface area contributed by atoms with Gasteiger partial charge in [-0.2, -0.15) is 0 Å². The monoisotopic (exact) mass is 538 g/mol. The Bertz CT molecular complexity index is 1230. The highest BCUT2D eigenvalue weighted by Gasteiger charge is 2.56. The van der Waals surface area contributed by atoms with E-state index in [-0.39, 0.29) is 23.8 Å². The molecule has 0 bridgehead atoms. The summed E-state index contributed by atoms with van der Waals surface area (Å²) in [6.45, 7) is 9.44. The SMILES string of the molecule is CCC(=O)OC1(c2ccccc2)CCN(CCC2CN(C(C)C)C(=O)C2(c2ccccc2)c2ccccc2)CC1. The molecule has 2 saturated heterocycles. The smallest absolute Gasteiger partial charge is 0.306 e. The number of carbonyl (C=O) groups excluding carboxylic acids is 2. The Kier molecular flexibility index (Phi) is 8.41. The Hall–Kier alpha value is -3.44. The number of likely N-dealkylation sites (tertiary alicyclic amines) is 2. The summed E-state index contributed by atoms with van der Waals surface area (Å²) >= 11 is 0. The van der Waals surface area contributed by atoms with Gasteiger partial charge in [0.25, 0.3) is 0 Å². The van der Waals surface area contributed by atoms with Crippen molar-refractivity contribution in [1.82, 2.24) is 9.80 Å². The van der Waals surface area contributed by atoms with Gasteiger partial charge in [0, 0.05) is 50.9 Å². The third-order valence-corrected chi connectivity index (χ3v) is 9.06. The van der Waals surface area contributed by atoms with Gasteiger partial charge in [-0.15, -0.1) is 0 Å². The van der Waals surface area contributed by atoms with E-state index in [1.807, 2.05) is 61.5 Å². The number of piperidine rings is 1. The molecule has 3 aromatic rings. The van der Waals surface area contributed by atoms with Crippen LogP contribution in [0.25, 0.3) is 0 Å². The second-order valence-corrected chi connectivity index (χ2v) is 11.6. The fraction of sp³-hybridized carbons (Fsp3) is 0.429. The van der Waals surface area contributed by atoms with Crippen LogP contribution in [0.3, 0.4) is 0 Å². The summed E-state index contributed by atoms with van der Waals surface area (Å²) < 4.78 is 6.13. The molecule has 2 aliphatic heterocycles. The van der Waals surface area contributed by atoms with Crippen molar-refractivity contribution in [2.75, 3.05) is 26.2 Å². The lowest BCUT2D eigenvalue weighted by Gasteiger charge is -2.42. The van der Waals surface area contributed by atoms with Gasteiger partial charge < -0.3 is 14.5 Å². The van der Waals surface area contributed by atoms with Gasteiger partial charge in [0.15, 0.2) is 0 Å². The third kappa shape index (κ3) is 5.19. The van der Waals surface area contributed by atoms with Gasteiger partial charge in [-0.3, -0.25) is 9.59 Å². The van der Waals surface area contributed by atoms with Crippen LogP contribution in [-0.2, 0) is 25.3 Å². The zero-order chi connectivity index (χ0) is 28.2. The van der Waals surface area contributed by atoms with Crippen molar-refractivity contribution in [2.45, 2.75) is 63.5 Å². The molecule has 2 heterocycles. The first-order valence-corrected chi connectivity index (χ1v) is 14.8. The minimum Gasteiger partial charge on any atom is -0.454 e. The lowest BCUT2D eigenvalue weighted by Crippen LogP contribution is -2.47. The highest BCUT2D eigenvalue weighted by molar-refractivity contribution is 5.95. The van der Waals surface area contributed by atoms with Gasteiger partial charge in [0.2, 0.25) is 5.91 Å². The highest BCUT2D eigenvalue weighted by Crippen LogP contribution is 2.48. The quantitative estimate of drug-likeness (QED) is 0.306. The molecule has 40 heavy (non-hydrogen) atoms. The summed E-state index contributed by atoms with van der Waals surface area (Å²) in [6.07, 6.45) is 2.83. The van der Waals surface area contributed by atoms with Crippen molar-refractivity contribution in [1.29, 1.82) is 0 Å². The van der Waals surface area contributed by atoms with E-state index in [9.17, 15) is 9.59 Å². The van der Waals surface area contributed by atoms with Crippen LogP contribution in [0.1, 0.15) is 63.1 Å². The topological polar surface area (TPSA) is 49.9 Å². The number of hydrogen-bond donors (Lipinski definition) is 0. The van der Waals surface area contributed by atoms with E-state index in [4.69, 9.17) is 4.74 Å². The summed E-state index contributed by atoms with van der Waals surface area (Å²) in [4.78, 5) is 31.4. The number of ether oxygens (including phenoxy) is 1. The molecule has 0 saturated carbocycles. The molecule has 1 unspecified atom stereocenters. The number of nitrogens with zero attached hydrogens (tertiary/aromatic N) is 2. The molecule has 0 N–H and O–H groups in total. The van der Waals surface area contributed by atoms with Crippen LogP contribution in [0.4, 0.5) is 0 Å². The van der Waals surface area contributed by atoms with Gasteiger partial charge in [0.05, 0.1) is 0 Å². The molecule has 2 aliphatic rings. The van der Waals surface area contributed by atoms with E-state index < -0.39 is 11.0 Å². The maximum absolute atomic E-state index is 14.4. The number of esters is 1. The molecule has 0 aliphatic carbocycles. The van der Waals surface area contributed by atoms with Crippen LogP contribution in [0.2, 0.25) is 0 Å². The zero-order valence-corrected chi connectivity index (χ0v) is 24.1. The first-order valence-electron chi connectivity index (χ1n) is 14.8. The standard InChI is InChI=1S/C35H42N2O3/c1-4-32(38)40-34(28-14-8-5-9-15-28)21-24-36(25-22-34)23-20-31-26-37(27(2)3)33(39)35(31,29-16-10-6-11-17-29)30-18-12-7-13-19-30/h5-19,27,31H,4,20-26H2,1-3H3. The van der Waals surface area contributed by atoms with Crippen molar-refractivity contribution >= 4 is 11.9 Å². The van der Waals surface area contributed by atoms with E-state index in [2.05, 4.69) is 60.0 Å². The van der Waals surface area contributed by atoms with Crippen LogP contribution in [0, 0.1) is 5.92 Å². The molecule has 210 valence electrons. The highest BCUT2D eigenvalue weighted by atomic mass is 16.6. The van der Waals surface area contributed by atoms with Gasteiger partial charge in [-0.05, 0) is 43.5 Å². The van der Waals surface area contributed by atoms with Crippen molar-refractivity contribution in [3.05, 3.63) is 108 Å². The van der Waals surface area contributed by atoms with E-state index in [1.54, 1.807) is 0 Å². The van der Waals surface area contributed by atoms with Crippen LogP contribution in [-0.4, -0.2) is 53.9 Å². The first kappa shape index (κ1) is 28.1. The number of carbonyl (C=O) groups is 2. The van der Waals surface area contributed by atoms with Gasteiger partial charge in [-0.25, -0.2) is 0 Å². The normalized spacial score (nSPS) is 20.6. The van der Waals surface area contributed by atoms with Crippen molar-refractivity contribution < 1.29 is 14.3 Å². The molecule has 0 radical (unpaired) electrons. The minimum absolute atomic E-state index is 0.138. The van der Waals surface area contributed by atoms with Crippen molar-refractivity contribution in [3.8, 4) is 0 Å². The molecule has 3 aromatic carbocycles. The van der Waals surface area contributed by atoms with Crippen LogP contribution < -0.4 is 0 Å². The van der Waals surface area contributed by atoms with Crippen molar-refractivity contribution in [3.63, 3.8) is 0 Å². The zero-order valence-electron chi connectivity index (χ0n) is 24.1. The van der Waals surface area contributed by atoms with E-state index in [0.29, 0.717) is 6.42 Å². The molecule has 0 spiro atoms. The predicted molar refractivity (Wildman–Crippen MR) is 159 cm³/mol. The van der Waals surface area contributed by atoms with E-state index in [1.165, 1.54) is 0 Å². The largest absolute Gasteiger partial charge is 0.454 e. The summed E-state index contributed by atoms with van der Waals surface area (Å²) in [7, 11) is 0. The molecule has 1 atom stereocenters. The van der Waals surface area contributed by atoms with Crippen LogP contribution in [0.15, 0.2) is 91.0 Å². The Labute approximate surface area is 239 Å². The Balaban J connectivity index is 1.39. The fourth-order valence-corrected chi connectivity index (χ4v) is 6.86. The van der Waals surface area contributed by atoms with Crippen LogP contribution >= 0.6 is 0 Å². The Morgan fingerprint density at radius 1 is 0.850 bits per heavy atom. The number of hydrogen-bond acceptors (Lipinski definition) is 4. The lowest BCUT2D eigenvalue weighted by atomic mass is 9.66. The Morgan fingerprint density at radius 2 is 1.35 bits per heavy atom. The molecule has 5 nitrogen and oxygen atoms in total. The third-order valence-electron chi connectivity index (χ3n) is 9.06. The molecule has 5 rings (SSSR count). The maximum Gasteiger partial charge on any atom is 0.306 e. The summed E-state index contributed by atoms with van der Waals surface area (Å²) in [6, 6.07) is 31.1. The molecule has 0 aromatic heterocycles. The van der Waals surface area contributed by atoms with Gasteiger partial charge in [0.1, 0.15) is 11.0 Å².